The molecule has 0 radical (unpaired) electrons. The van der Waals surface area contributed by atoms with Gasteiger partial charge in [0, 0.05) is 44.5 Å². The fraction of sp³-hybridized carbons (Fsp3) is 0.333. The smallest absolute Gasteiger partial charge is 0.268 e. The maximum atomic E-state index is 12.5. The van der Waals surface area contributed by atoms with Crippen LogP contribution in [0.1, 0.15) is 16.8 Å². The molecule has 1 N–H and O–H groups in total. The monoisotopic (exact) mass is 380 g/mol. The van der Waals surface area contributed by atoms with Gasteiger partial charge in [-0.15, -0.1) is 10.2 Å². The van der Waals surface area contributed by atoms with Crippen LogP contribution in [0.3, 0.4) is 0 Å². The number of nitrogens with zero attached hydrogens (tertiary/aromatic N) is 7. The molecule has 1 unspecified atom stereocenters. The van der Waals surface area contributed by atoms with Crippen LogP contribution in [0.4, 0.5) is 5.69 Å². The molecule has 0 aliphatic carbocycles. The molecule has 3 aromatic rings. The highest BCUT2D eigenvalue weighted by atomic mass is 16.1. The van der Waals surface area contributed by atoms with Crippen molar-refractivity contribution < 1.29 is 4.79 Å². The number of pyridine rings is 1. The fourth-order valence-electron chi connectivity index (χ4n) is 3.23. The van der Waals surface area contributed by atoms with Gasteiger partial charge >= 0.3 is 0 Å². The highest BCUT2D eigenvalue weighted by Gasteiger charge is 2.24. The predicted octanol–water partition coefficient (Wildman–Crippen LogP) is 0.0123. The second kappa shape index (κ2) is 7.59. The van der Waals surface area contributed by atoms with Crippen molar-refractivity contribution in [2.24, 2.45) is 13.0 Å². The lowest BCUT2D eigenvalue weighted by Gasteiger charge is -2.18. The second-order valence-corrected chi connectivity index (χ2v) is 6.76. The number of rotatable bonds is 5. The van der Waals surface area contributed by atoms with Crippen LogP contribution in [-0.2, 0) is 7.05 Å². The largest absolute Gasteiger partial charge is 0.370 e. The zero-order valence-corrected chi connectivity index (χ0v) is 15.4. The van der Waals surface area contributed by atoms with Crippen molar-refractivity contribution in [2.75, 3.05) is 24.5 Å². The molecular weight excluding hydrogens is 360 g/mol. The third kappa shape index (κ3) is 3.75. The quantitative estimate of drug-likeness (QED) is 0.664. The Bertz CT molecular complexity index is 1030. The molecule has 1 saturated heterocycles. The lowest BCUT2D eigenvalue weighted by Crippen LogP contribution is -2.31. The zero-order chi connectivity index (χ0) is 19.5. The van der Waals surface area contributed by atoms with Crippen LogP contribution in [0.15, 0.2) is 48.0 Å². The number of hydrogen-bond acceptors (Lipinski definition) is 7. The van der Waals surface area contributed by atoms with Gasteiger partial charge in [-0.05, 0) is 24.5 Å². The van der Waals surface area contributed by atoms with E-state index in [1.165, 1.54) is 17.3 Å². The number of nitrogens with one attached hydrogen (secondary N) is 1. The number of carbonyl (C=O) groups is 1. The van der Waals surface area contributed by atoms with Gasteiger partial charge in [0.15, 0.2) is 0 Å². The molecule has 0 saturated carbocycles. The van der Waals surface area contributed by atoms with Crippen LogP contribution in [0, 0.1) is 5.92 Å². The van der Waals surface area contributed by atoms with E-state index < -0.39 is 0 Å². The molecule has 0 bridgehead atoms. The Kier molecular flexibility index (Phi) is 4.83. The molecule has 1 fully saturated rings. The van der Waals surface area contributed by atoms with E-state index in [1.807, 2.05) is 0 Å². The molecule has 1 amide bonds. The van der Waals surface area contributed by atoms with E-state index in [0.717, 1.165) is 25.2 Å². The molecule has 10 nitrogen and oxygen atoms in total. The van der Waals surface area contributed by atoms with Gasteiger partial charge in [-0.3, -0.25) is 14.2 Å². The van der Waals surface area contributed by atoms with E-state index in [1.54, 1.807) is 42.2 Å². The number of aryl methyl sites for hydroxylation is 1. The average Bonchev–Trinajstić information content (AvgIpc) is 3.40. The van der Waals surface area contributed by atoms with Crippen LogP contribution < -0.4 is 15.8 Å². The minimum absolute atomic E-state index is 0.129. The molecule has 3 aromatic heterocycles. The molecule has 0 spiro atoms. The van der Waals surface area contributed by atoms with E-state index in [4.69, 9.17) is 0 Å². The van der Waals surface area contributed by atoms with Crippen LogP contribution in [0.25, 0.3) is 5.82 Å². The van der Waals surface area contributed by atoms with Crippen molar-refractivity contribution >= 4 is 11.6 Å². The van der Waals surface area contributed by atoms with Gasteiger partial charge in [-0.25, -0.2) is 9.67 Å². The summed E-state index contributed by atoms with van der Waals surface area (Å²) in [5, 5.41) is 14.6. The Morgan fingerprint density at radius 3 is 2.89 bits per heavy atom. The first kappa shape index (κ1) is 17.8. The fourth-order valence-corrected chi connectivity index (χ4v) is 3.23. The van der Waals surface area contributed by atoms with Crippen LogP contribution in [0.2, 0.25) is 0 Å². The molecule has 10 heteroatoms. The molecular formula is C18H20N8O2. The summed E-state index contributed by atoms with van der Waals surface area (Å²) in [4.78, 5) is 30.6. The first-order valence-electron chi connectivity index (χ1n) is 8.98. The molecule has 1 aliphatic rings. The summed E-state index contributed by atoms with van der Waals surface area (Å²) in [7, 11) is 1.63. The second-order valence-electron chi connectivity index (χ2n) is 6.76. The number of hydrogen-bond donors (Lipinski definition) is 1. The van der Waals surface area contributed by atoms with E-state index in [9.17, 15) is 9.59 Å². The van der Waals surface area contributed by atoms with Crippen LogP contribution in [-0.4, -0.2) is 55.1 Å². The Labute approximate surface area is 160 Å². The lowest BCUT2D eigenvalue weighted by atomic mass is 10.1. The van der Waals surface area contributed by atoms with Gasteiger partial charge < -0.3 is 10.2 Å². The topological polar surface area (TPSA) is 111 Å². The van der Waals surface area contributed by atoms with Crippen molar-refractivity contribution in [3.63, 3.8) is 0 Å². The van der Waals surface area contributed by atoms with Crippen molar-refractivity contribution in [3.8, 4) is 5.82 Å². The molecule has 28 heavy (non-hydrogen) atoms. The van der Waals surface area contributed by atoms with Gasteiger partial charge in [0.2, 0.25) is 0 Å². The molecule has 1 aliphatic heterocycles. The van der Waals surface area contributed by atoms with Crippen molar-refractivity contribution in [1.82, 2.24) is 34.8 Å². The predicted molar refractivity (Wildman–Crippen MR) is 101 cm³/mol. The Hall–Kier alpha value is -3.56. The highest BCUT2D eigenvalue weighted by Crippen LogP contribution is 2.21. The number of carbonyl (C=O) groups excluding carboxylic acids is 1. The molecule has 0 aromatic carbocycles. The Morgan fingerprint density at radius 1 is 1.29 bits per heavy atom. The number of anilines is 1. The summed E-state index contributed by atoms with van der Waals surface area (Å²) in [5.74, 6) is 0.750. The minimum Gasteiger partial charge on any atom is -0.370 e. The SMILES string of the molecule is Cn1ncc(N2CCC(CNC(=O)c3ccnc(-n4cnnc4)c3)C2)cc1=O. The van der Waals surface area contributed by atoms with E-state index in [-0.39, 0.29) is 11.5 Å². The first-order chi connectivity index (χ1) is 13.6. The third-order valence-electron chi connectivity index (χ3n) is 4.85. The number of amides is 1. The summed E-state index contributed by atoms with van der Waals surface area (Å²) in [6.45, 7) is 2.18. The number of aromatic nitrogens is 6. The van der Waals surface area contributed by atoms with Gasteiger partial charge in [-0.2, -0.15) is 5.10 Å². The van der Waals surface area contributed by atoms with E-state index >= 15 is 0 Å². The Balaban J connectivity index is 1.35. The molecule has 4 heterocycles. The lowest BCUT2D eigenvalue weighted by molar-refractivity contribution is 0.0948. The van der Waals surface area contributed by atoms with Gasteiger partial charge in [0.25, 0.3) is 11.5 Å². The summed E-state index contributed by atoms with van der Waals surface area (Å²) in [5.41, 5.74) is 1.23. The van der Waals surface area contributed by atoms with Gasteiger partial charge in [0.1, 0.15) is 18.5 Å². The van der Waals surface area contributed by atoms with E-state index in [2.05, 4.69) is 30.5 Å². The zero-order valence-electron chi connectivity index (χ0n) is 15.4. The van der Waals surface area contributed by atoms with Gasteiger partial charge in [0.05, 0.1) is 11.9 Å². The normalized spacial score (nSPS) is 16.3. The van der Waals surface area contributed by atoms with E-state index in [0.29, 0.717) is 23.8 Å². The van der Waals surface area contributed by atoms with Crippen molar-refractivity contribution in [1.29, 1.82) is 0 Å². The summed E-state index contributed by atoms with van der Waals surface area (Å²) in [6, 6.07) is 4.97. The average molecular weight is 380 g/mol. The summed E-state index contributed by atoms with van der Waals surface area (Å²) in [6.07, 6.45) is 7.29. The molecule has 4 rings (SSSR count). The maximum absolute atomic E-state index is 12.5. The summed E-state index contributed by atoms with van der Waals surface area (Å²) >= 11 is 0. The van der Waals surface area contributed by atoms with Crippen molar-refractivity contribution in [3.05, 3.63) is 59.2 Å². The standard InChI is InChI=1S/C18H20N8O2/c1-24-17(27)7-15(9-23-24)25-5-3-13(10-25)8-20-18(28)14-2-4-19-16(6-14)26-11-21-22-12-26/h2,4,6-7,9,11-13H,3,5,8,10H2,1H3,(H,20,28). The van der Waals surface area contributed by atoms with Crippen LogP contribution >= 0.6 is 0 Å². The Morgan fingerprint density at radius 2 is 2.11 bits per heavy atom. The molecule has 144 valence electrons. The first-order valence-corrected chi connectivity index (χ1v) is 8.98. The van der Waals surface area contributed by atoms with Crippen LogP contribution in [0.5, 0.6) is 0 Å². The minimum atomic E-state index is -0.148. The summed E-state index contributed by atoms with van der Waals surface area (Å²) < 4.78 is 2.95. The third-order valence-corrected chi connectivity index (χ3v) is 4.85. The molecule has 1 atom stereocenters. The maximum Gasteiger partial charge on any atom is 0.268 e. The van der Waals surface area contributed by atoms with Crippen molar-refractivity contribution in [2.45, 2.75) is 6.42 Å². The highest BCUT2D eigenvalue weighted by molar-refractivity contribution is 5.94. The van der Waals surface area contributed by atoms with Gasteiger partial charge in [-0.1, -0.05) is 0 Å².